The molecule has 0 radical (unpaired) electrons. The molecule has 1 atom stereocenters. The second-order valence-electron chi connectivity index (χ2n) is 5.23. The molecule has 1 aromatic carbocycles. The molecule has 0 saturated heterocycles. The van der Waals surface area contributed by atoms with Crippen molar-refractivity contribution in [3.8, 4) is 0 Å². The highest BCUT2D eigenvalue weighted by molar-refractivity contribution is 5.25. The van der Waals surface area contributed by atoms with E-state index in [0.29, 0.717) is 0 Å². The van der Waals surface area contributed by atoms with Crippen LogP contribution in [0.25, 0.3) is 0 Å². The number of benzene rings is 1. The predicted molar refractivity (Wildman–Crippen MR) is 66.3 cm³/mol. The molecule has 0 fully saturated rings. The molecule has 0 bridgehead atoms. The Hall–Kier alpha value is -0.860. The Morgan fingerprint density at radius 3 is 2.38 bits per heavy atom. The number of hydrogen-bond acceptors (Lipinski definition) is 2. The molecule has 1 rings (SSSR count). The van der Waals surface area contributed by atoms with Crippen molar-refractivity contribution in [2.24, 2.45) is 0 Å². The molecule has 16 heavy (non-hydrogen) atoms. The molecule has 0 aromatic heterocycles. The highest BCUT2D eigenvalue weighted by Gasteiger charge is 2.14. The predicted octanol–water partition coefficient (Wildman–Crippen LogP) is 3.67. The van der Waals surface area contributed by atoms with Gasteiger partial charge in [0.1, 0.15) is 0 Å². The van der Waals surface area contributed by atoms with Gasteiger partial charge in [-0.2, -0.15) is 0 Å². The summed E-state index contributed by atoms with van der Waals surface area (Å²) in [6, 6.07) is 8.36. The van der Waals surface area contributed by atoms with Gasteiger partial charge >= 0.3 is 0 Å². The van der Waals surface area contributed by atoms with Gasteiger partial charge in [0.25, 0.3) is 0 Å². The van der Waals surface area contributed by atoms with E-state index >= 15 is 0 Å². The molecule has 0 spiro atoms. The largest absolute Gasteiger partial charge is 0.233 e. The van der Waals surface area contributed by atoms with Crippen LogP contribution in [0.15, 0.2) is 24.3 Å². The number of hydrogen-bond donors (Lipinski definition) is 0. The molecule has 2 heteroatoms. The van der Waals surface area contributed by atoms with Crippen LogP contribution in [-0.4, -0.2) is 11.7 Å². The summed E-state index contributed by atoms with van der Waals surface area (Å²) in [5.74, 6) is 0. The van der Waals surface area contributed by atoms with Gasteiger partial charge in [-0.25, -0.2) is 9.78 Å². The van der Waals surface area contributed by atoms with E-state index in [1.54, 1.807) is 0 Å². The molecule has 0 aliphatic heterocycles. The first-order valence-electron chi connectivity index (χ1n) is 5.77. The Morgan fingerprint density at radius 1 is 1.19 bits per heavy atom. The second-order valence-corrected chi connectivity index (χ2v) is 5.23. The van der Waals surface area contributed by atoms with E-state index in [9.17, 15) is 0 Å². The molecule has 0 aliphatic rings. The van der Waals surface area contributed by atoms with Crippen LogP contribution >= 0.6 is 0 Å². The summed E-state index contributed by atoms with van der Waals surface area (Å²) in [6.45, 7) is 10.1. The molecule has 0 heterocycles. The summed E-state index contributed by atoms with van der Waals surface area (Å²) in [4.78, 5) is 10.7. The van der Waals surface area contributed by atoms with Crippen molar-refractivity contribution >= 4 is 0 Å². The van der Waals surface area contributed by atoms with Gasteiger partial charge in [-0.05, 0) is 45.7 Å². The lowest BCUT2D eigenvalue weighted by molar-refractivity contribution is -0.369. The lowest BCUT2D eigenvalue weighted by atomic mass is 10.0. The van der Waals surface area contributed by atoms with Crippen LogP contribution in [0.3, 0.4) is 0 Å². The van der Waals surface area contributed by atoms with Crippen LogP contribution in [0.1, 0.15) is 38.8 Å². The van der Waals surface area contributed by atoms with Crippen molar-refractivity contribution in [2.75, 3.05) is 0 Å². The van der Waals surface area contributed by atoms with Gasteiger partial charge in [0.05, 0.1) is 11.7 Å². The summed E-state index contributed by atoms with van der Waals surface area (Å²) in [5.41, 5.74) is 2.36. The average Bonchev–Trinajstić information content (AvgIpc) is 2.18. The molecule has 0 saturated carbocycles. The van der Waals surface area contributed by atoms with E-state index < -0.39 is 0 Å². The van der Waals surface area contributed by atoms with Crippen LogP contribution in [-0.2, 0) is 16.2 Å². The summed E-state index contributed by atoms with van der Waals surface area (Å²) < 4.78 is 0. The molecule has 0 N–H and O–H groups in total. The quantitative estimate of drug-likeness (QED) is 0.571. The fraction of sp³-hybridized carbons (Fsp3) is 0.571. The van der Waals surface area contributed by atoms with Gasteiger partial charge in [-0.15, -0.1) is 0 Å². The second kappa shape index (κ2) is 5.46. The molecule has 90 valence electrons. The third-order valence-electron chi connectivity index (χ3n) is 2.23. The molecule has 1 unspecified atom stereocenters. The maximum absolute atomic E-state index is 5.37. The van der Waals surface area contributed by atoms with Crippen LogP contribution in [0, 0.1) is 6.92 Å². The normalized spacial score (nSPS) is 13.8. The third kappa shape index (κ3) is 4.77. The van der Waals surface area contributed by atoms with Crippen molar-refractivity contribution in [3.63, 3.8) is 0 Å². The monoisotopic (exact) mass is 222 g/mol. The van der Waals surface area contributed by atoms with E-state index in [1.165, 1.54) is 11.1 Å². The molecule has 2 nitrogen and oxygen atoms in total. The summed E-state index contributed by atoms with van der Waals surface area (Å²) in [7, 11) is 0. The first-order valence-corrected chi connectivity index (χ1v) is 5.77. The van der Waals surface area contributed by atoms with E-state index in [0.717, 1.165) is 6.42 Å². The van der Waals surface area contributed by atoms with Gasteiger partial charge in [-0.1, -0.05) is 24.3 Å². The highest BCUT2D eigenvalue weighted by atomic mass is 17.2. The Balaban J connectivity index is 2.46. The summed E-state index contributed by atoms with van der Waals surface area (Å²) in [6.07, 6.45) is 0.947. The zero-order valence-corrected chi connectivity index (χ0v) is 10.9. The summed E-state index contributed by atoms with van der Waals surface area (Å²) in [5, 5.41) is 0. The zero-order chi connectivity index (χ0) is 12.2. The van der Waals surface area contributed by atoms with E-state index in [2.05, 4.69) is 31.2 Å². The maximum atomic E-state index is 5.37. The zero-order valence-electron chi connectivity index (χ0n) is 10.9. The van der Waals surface area contributed by atoms with Crippen molar-refractivity contribution in [2.45, 2.75) is 52.7 Å². The first kappa shape index (κ1) is 13.2. The maximum Gasteiger partial charge on any atom is 0.0952 e. The number of rotatable bonds is 4. The van der Waals surface area contributed by atoms with Gasteiger partial charge < -0.3 is 0 Å². The van der Waals surface area contributed by atoms with Crippen LogP contribution in [0.5, 0.6) is 0 Å². The topological polar surface area (TPSA) is 18.5 Å². The fourth-order valence-electron chi connectivity index (χ4n) is 1.41. The van der Waals surface area contributed by atoms with Gasteiger partial charge in [0.15, 0.2) is 0 Å². The standard InChI is InChI=1S/C14H22O2/c1-11-8-6-7-9-13(11)10-12(2)15-16-14(3,4)5/h6-9,12H,10H2,1-5H3. The van der Waals surface area contributed by atoms with Gasteiger partial charge in [0.2, 0.25) is 0 Å². The van der Waals surface area contributed by atoms with Crippen molar-refractivity contribution < 1.29 is 9.78 Å². The lowest BCUT2D eigenvalue weighted by Crippen LogP contribution is -2.24. The Bertz CT molecular complexity index is 326. The average molecular weight is 222 g/mol. The molecule has 1 aromatic rings. The third-order valence-corrected chi connectivity index (χ3v) is 2.23. The Labute approximate surface area is 98.5 Å². The van der Waals surface area contributed by atoms with E-state index in [-0.39, 0.29) is 11.7 Å². The minimum Gasteiger partial charge on any atom is -0.233 e. The highest BCUT2D eigenvalue weighted by Crippen LogP contribution is 2.14. The number of aryl methyl sites for hydroxylation is 1. The Morgan fingerprint density at radius 2 is 1.81 bits per heavy atom. The molecule has 0 amide bonds. The minimum atomic E-state index is -0.250. The molecular weight excluding hydrogens is 200 g/mol. The lowest BCUT2D eigenvalue weighted by Gasteiger charge is -2.21. The molecule has 0 aliphatic carbocycles. The van der Waals surface area contributed by atoms with Gasteiger partial charge in [-0.3, -0.25) is 0 Å². The van der Waals surface area contributed by atoms with Crippen molar-refractivity contribution in [3.05, 3.63) is 35.4 Å². The van der Waals surface area contributed by atoms with Crippen LogP contribution in [0.2, 0.25) is 0 Å². The SMILES string of the molecule is Cc1ccccc1CC(C)OOC(C)(C)C. The van der Waals surface area contributed by atoms with E-state index in [1.807, 2.05) is 27.7 Å². The fourth-order valence-corrected chi connectivity index (χ4v) is 1.41. The van der Waals surface area contributed by atoms with E-state index in [4.69, 9.17) is 9.78 Å². The smallest absolute Gasteiger partial charge is 0.0952 e. The summed E-state index contributed by atoms with van der Waals surface area (Å²) >= 11 is 0. The molecular formula is C14H22O2. The van der Waals surface area contributed by atoms with Crippen molar-refractivity contribution in [1.82, 2.24) is 0 Å². The van der Waals surface area contributed by atoms with Crippen molar-refractivity contribution in [1.29, 1.82) is 0 Å². The first-order chi connectivity index (χ1) is 7.38. The van der Waals surface area contributed by atoms with Crippen LogP contribution in [0.4, 0.5) is 0 Å². The minimum absolute atomic E-state index is 0.0697. The van der Waals surface area contributed by atoms with Gasteiger partial charge in [0, 0.05) is 6.42 Å². The Kier molecular flexibility index (Phi) is 4.51. The van der Waals surface area contributed by atoms with Crippen LogP contribution < -0.4 is 0 Å².